The highest BCUT2D eigenvalue weighted by molar-refractivity contribution is 14.0. The number of rotatable bonds is 7. The summed E-state index contributed by atoms with van der Waals surface area (Å²) < 4.78 is 27.1. The van der Waals surface area contributed by atoms with E-state index in [9.17, 15) is 8.42 Å². The molecule has 1 fully saturated rings. The van der Waals surface area contributed by atoms with E-state index in [-0.39, 0.29) is 24.0 Å². The SMILES string of the molecule is CCNC(=NCc1ccsc1)NCC1CCN(S(=O)(=O)c2ccccc2)CC1.I. The number of hydrogen-bond acceptors (Lipinski definition) is 4. The second-order valence-corrected chi connectivity index (χ2v) is 9.59. The Hall–Kier alpha value is -1.17. The Morgan fingerprint density at radius 2 is 1.90 bits per heavy atom. The molecule has 9 heteroatoms. The second kappa shape index (κ2) is 11.9. The van der Waals surface area contributed by atoms with Crippen LogP contribution < -0.4 is 10.6 Å². The van der Waals surface area contributed by atoms with Crippen molar-refractivity contribution in [2.45, 2.75) is 31.2 Å². The normalized spacial score (nSPS) is 16.2. The summed E-state index contributed by atoms with van der Waals surface area (Å²) in [4.78, 5) is 5.01. The zero-order valence-corrected chi connectivity index (χ0v) is 20.5. The van der Waals surface area contributed by atoms with Gasteiger partial charge in [-0.2, -0.15) is 15.6 Å². The molecule has 29 heavy (non-hydrogen) atoms. The molecule has 2 aromatic rings. The Labute approximate surface area is 194 Å². The van der Waals surface area contributed by atoms with Gasteiger partial charge in [0.1, 0.15) is 0 Å². The summed E-state index contributed by atoms with van der Waals surface area (Å²) in [6.45, 7) is 5.44. The number of thiophene rings is 1. The molecule has 3 rings (SSSR count). The molecule has 1 aromatic heterocycles. The van der Waals surface area contributed by atoms with Crippen LogP contribution in [0.5, 0.6) is 0 Å². The van der Waals surface area contributed by atoms with Gasteiger partial charge in [-0.1, -0.05) is 18.2 Å². The fourth-order valence-electron chi connectivity index (χ4n) is 3.23. The number of benzene rings is 1. The van der Waals surface area contributed by atoms with Crippen LogP contribution in [0.25, 0.3) is 0 Å². The maximum absolute atomic E-state index is 12.7. The van der Waals surface area contributed by atoms with E-state index in [1.165, 1.54) is 5.56 Å². The van der Waals surface area contributed by atoms with Gasteiger partial charge in [0, 0.05) is 26.2 Å². The van der Waals surface area contributed by atoms with Gasteiger partial charge in [-0.25, -0.2) is 13.4 Å². The summed E-state index contributed by atoms with van der Waals surface area (Å²) >= 11 is 1.68. The third kappa shape index (κ3) is 6.94. The average molecular weight is 549 g/mol. The molecule has 1 aliphatic rings. The molecule has 1 aliphatic heterocycles. The van der Waals surface area contributed by atoms with Crippen molar-refractivity contribution in [3.05, 3.63) is 52.7 Å². The van der Waals surface area contributed by atoms with Gasteiger partial charge >= 0.3 is 0 Å². The fourth-order valence-corrected chi connectivity index (χ4v) is 5.38. The molecule has 160 valence electrons. The molecule has 1 saturated heterocycles. The van der Waals surface area contributed by atoms with E-state index in [0.717, 1.165) is 31.9 Å². The molecule has 0 saturated carbocycles. The first kappa shape index (κ1) is 24.1. The third-order valence-corrected chi connectivity index (χ3v) is 7.50. The molecular weight excluding hydrogens is 519 g/mol. The van der Waals surface area contributed by atoms with E-state index in [1.807, 2.05) is 6.07 Å². The van der Waals surface area contributed by atoms with Gasteiger partial charge in [0.05, 0.1) is 11.4 Å². The van der Waals surface area contributed by atoms with Crippen LogP contribution in [-0.4, -0.2) is 44.9 Å². The molecule has 2 heterocycles. The van der Waals surface area contributed by atoms with E-state index in [2.05, 4.69) is 39.4 Å². The summed E-state index contributed by atoms with van der Waals surface area (Å²) in [6, 6.07) is 10.8. The molecule has 0 aliphatic carbocycles. The number of hydrogen-bond donors (Lipinski definition) is 2. The van der Waals surface area contributed by atoms with E-state index < -0.39 is 10.0 Å². The quantitative estimate of drug-likeness (QED) is 0.316. The molecule has 0 bridgehead atoms. The van der Waals surface area contributed by atoms with Gasteiger partial charge < -0.3 is 10.6 Å². The highest BCUT2D eigenvalue weighted by Crippen LogP contribution is 2.23. The van der Waals surface area contributed by atoms with Crippen molar-refractivity contribution in [2.24, 2.45) is 10.9 Å². The van der Waals surface area contributed by atoms with Gasteiger partial charge in [-0.3, -0.25) is 0 Å². The van der Waals surface area contributed by atoms with Crippen LogP contribution in [-0.2, 0) is 16.6 Å². The number of piperidine rings is 1. The Balaban J connectivity index is 0.00000300. The topological polar surface area (TPSA) is 73.8 Å². The van der Waals surface area contributed by atoms with Gasteiger partial charge in [0.2, 0.25) is 10.0 Å². The van der Waals surface area contributed by atoms with Crippen molar-refractivity contribution in [2.75, 3.05) is 26.2 Å². The maximum atomic E-state index is 12.7. The minimum atomic E-state index is -3.38. The van der Waals surface area contributed by atoms with Gasteiger partial charge in [-0.05, 0) is 60.2 Å². The summed E-state index contributed by atoms with van der Waals surface area (Å²) in [6.07, 6.45) is 1.70. The standard InChI is InChI=1S/C20H28N4O2S2.HI/c1-2-21-20(23-15-18-10-13-27-16-18)22-14-17-8-11-24(12-9-17)28(25,26)19-6-4-3-5-7-19;/h3-7,10,13,16-17H,2,8-9,11-12,14-15H2,1H3,(H2,21,22,23);1H. The van der Waals surface area contributed by atoms with E-state index in [4.69, 9.17) is 0 Å². The number of nitrogens with one attached hydrogen (secondary N) is 2. The highest BCUT2D eigenvalue weighted by atomic mass is 127. The lowest BCUT2D eigenvalue weighted by Gasteiger charge is -2.31. The van der Waals surface area contributed by atoms with Crippen molar-refractivity contribution in [1.82, 2.24) is 14.9 Å². The number of aliphatic imine (C=N–C) groups is 1. The lowest BCUT2D eigenvalue weighted by Crippen LogP contribution is -2.44. The number of halogens is 1. The predicted octanol–water partition coefficient (Wildman–Crippen LogP) is 3.52. The molecule has 0 spiro atoms. The Morgan fingerprint density at radius 3 is 2.52 bits per heavy atom. The molecule has 6 nitrogen and oxygen atoms in total. The monoisotopic (exact) mass is 548 g/mol. The summed E-state index contributed by atoms with van der Waals surface area (Å²) in [5.41, 5.74) is 1.21. The van der Waals surface area contributed by atoms with Crippen molar-refractivity contribution < 1.29 is 8.42 Å². The molecular formula is C20H29IN4O2S2. The summed E-state index contributed by atoms with van der Waals surface area (Å²) in [7, 11) is -3.38. The Morgan fingerprint density at radius 1 is 1.17 bits per heavy atom. The molecule has 0 atom stereocenters. The minimum absolute atomic E-state index is 0. The van der Waals surface area contributed by atoms with E-state index in [0.29, 0.717) is 30.4 Å². The second-order valence-electron chi connectivity index (χ2n) is 6.87. The molecule has 2 N–H and O–H groups in total. The Kier molecular flexibility index (Phi) is 9.87. The summed E-state index contributed by atoms with van der Waals surface area (Å²) in [5.74, 6) is 1.25. The lowest BCUT2D eigenvalue weighted by atomic mass is 9.98. The van der Waals surface area contributed by atoms with Gasteiger partial charge in [0.15, 0.2) is 5.96 Å². The van der Waals surface area contributed by atoms with Crippen LogP contribution in [0.4, 0.5) is 0 Å². The molecule has 0 amide bonds. The average Bonchev–Trinajstić information content (AvgIpc) is 3.25. The number of guanidine groups is 1. The van der Waals surface area contributed by atoms with Crippen LogP contribution >= 0.6 is 35.3 Å². The van der Waals surface area contributed by atoms with Crippen molar-refractivity contribution in [1.29, 1.82) is 0 Å². The van der Waals surface area contributed by atoms with E-state index in [1.54, 1.807) is 39.9 Å². The van der Waals surface area contributed by atoms with E-state index >= 15 is 0 Å². The number of sulfonamides is 1. The summed E-state index contributed by atoms with van der Waals surface area (Å²) in [5, 5.41) is 10.9. The first-order valence-corrected chi connectivity index (χ1v) is 12.1. The smallest absolute Gasteiger partial charge is 0.243 e. The van der Waals surface area contributed by atoms with Gasteiger partial charge in [-0.15, -0.1) is 24.0 Å². The van der Waals surface area contributed by atoms with Crippen LogP contribution in [0, 0.1) is 5.92 Å². The van der Waals surface area contributed by atoms with Crippen LogP contribution in [0.2, 0.25) is 0 Å². The van der Waals surface area contributed by atoms with Crippen molar-refractivity contribution >= 4 is 51.3 Å². The van der Waals surface area contributed by atoms with Crippen LogP contribution in [0.1, 0.15) is 25.3 Å². The van der Waals surface area contributed by atoms with Crippen molar-refractivity contribution in [3.63, 3.8) is 0 Å². The lowest BCUT2D eigenvalue weighted by molar-refractivity contribution is 0.273. The largest absolute Gasteiger partial charge is 0.357 e. The fraction of sp³-hybridized carbons (Fsp3) is 0.450. The van der Waals surface area contributed by atoms with Gasteiger partial charge in [0.25, 0.3) is 0 Å². The zero-order chi connectivity index (χ0) is 19.8. The minimum Gasteiger partial charge on any atom is -0.357 e. The zero-order valence-electron chi connectivity index (χ0n) is 16.6. The van der Waals surface area contributed by atoms with Crippen LogP contribution in [0.3, 0.4) is 0 Å². The maximum Gasteiger partial charge on any atom is 0.243 e. The Bertz CT molecular complexity index is 850. The molecule has 0 radical (unpaired) electrons. The van der Waals surface area contributed by atoms with Crippen LogP contribution in [0.15, 0.2) is 57.0 Å². The molecule has 0 unspecified atom stereocenters. The highest BCUT2D eigenvalue weighted by Gasteiger charge is 2.29. The third-order valence-electron chi connectivity index (χ3n) is 4.86. The first-order chi connectivity index (χ1) is 13.6. The first-order valence-electron chi connectivity index (χ1n) is 9.68. The number of nitrogens with zero attached hydrogens (tertiary/aromatic N) is 2. The van der Waals surface area contributed by atoms with Crippen molar-refractivity contribution in [3.8, 4) is 0 Å². The molecule has 1 aromatic carbocycles. The predicted molar refractivity (Wildman–Crippen MR) is 130 cm³/mol.